The summed E-state index contributed by atoms with van der Waals surface area (Å²) in [5.74, 6) is -1.08. The predicted octanol–water partition coefficient (Wildman–Crippen LogP) is 2.27. The van der Waals surface area contributed by atoms with Crippen LogP contribution in [0.5, 0.6) is 0 Å². The van der Waals surface area contributed by atoms with E-state index >= 15 is 0 Å². The van der Waals surface area contributed by atoms with Gasteiger partial charge in [-0.05, 0) is 12.5 Å². The first-order valence-corrected chi connectivity index (χ1v) is 7.13. The fraction of sp³-hybridized carbons (Fsp3) is 0.214. The van der Waals surface area contributed by atoms with Crippen molar-refractivity contribution in [3.8, 4) is 0 Å². The Morgan fingerprint density at radius 3 is 2.62 bits per heavy atom. The molecule has 0 spiro atoms. The molecule has 3 N–H and O–H groups in total. The first-order chi connectivity index (χ1) is 10.0. The van der Waals surface area contributed by atoms with Crippen LogP contribution in [0.25, 0.3) is 0 Å². The molecule has 0 fully saturated rings. The summed E-state index contributed by atoms with van der Waals surface area (Å²) in [6.45, 7) is 1.87. The Hall–Kier alpha value is -2.41. The zero-order valence-corrected chi connectivity index (χ0v) is 12.2. The fourth-order valence-corrected chi connectivity index (χ4v) is 2.41. The van der Waals surface area contributed by atoms with Gasteiger partial charge in [0.15, 0.2) is 5.13 Å². The van der Waals surface area contributed by atoms with Gasteiger partial charge in [-0.1, -0.05) is 30.3 Å². The number of aromatic nitrogens is 1. The molecular formula is C14H15N3O3S. The Morgan fingerprint density at radius 2 is 2.05 bits per heavy atom. The van der Waals surface area contributed by atoms with Crippen LogP contribution in [0.4, 0.5) is 9.93 Å². The number of rotatable bonds is 5. The van der Waals surface area contributed by atoms with Gasteiger partial charge in [0.2, 0.25) is 0 Å². The molecular weight excluding hydrogens is 290 g/mol. The summed E-state index contributed by atoms with van der Waals surface area (Å²) in [4.78, 5) is 28.0. The minimum absolute atomic E-state index is 0.223. The van der Waals surface area contributed by atoms with E-state index in [2.05, 4.69) is 15.6 Å². The highest BCUT2D eigenvalue weighted by Gasteiger charge is 2.20. The highest BCUT2D eigenvalue weighted by Crippen LogP contribution is 2.16. The Morgan fingerprint density at radius 1 is 1.33 bits per heavy atom. The maximum absolute atomic E-state index is 11.8. The van der Waals surface area contributed by atoms with E-state index in [9.17, 15) is 14.7 Å². The Labute approximate surface area is 125 Å². The molecule has 2 aromatic rings. The number of hydrogen-bond donors (Lipinski definition) is 3. The van der Waals surface area contributed by atoms with Crippen LogP contribution in [0.15, 0.2) is 36.5 Å². The van der Waals surface area contributed by atoms with Crippen molar-refractivity contribution < 1.29 is 14.7 Å². The second-order valence-electron chi connectivity index (χ2n) is 4.46. The van der Waals surface area contributed by atoms with E-state index in [1.54, 1.807) is 6.20 Å². The van der Waals surface area contributed by atoms with E-state index in [4.69, 9.17) is 0 Å². The lowest BCUT2D eigenvalue weighted by atomic mass is 10.1. The number of amides is 2. The maximum Gasteiger partial charge on any atom is 0.326 e. The molecule has 2 rings (SSSR count). The van der Waals surface area contributed by atoms with Crippen LogP contribution in [0.2, 0.25) is 0 Å². The summed E-state index contributed by atoms with van der Waals surface area (Å²) in [6, 6.07) is 7.57. The number of aryl methyl sites for hydroxylation is 1. The largest absolute Gasteiger partial charge is 0.480 e. The standard InChI is InChI=1S/C14H15N3O3S/c1-9-8-15-14(21-9)17-13(20)16-11(12(18)19)7-10-5-3-2-4-6-10/h2-6,8,11H,7H2,1H3,(H,18,19)(H2,15,16,17,20). The van der Waals surface area contributed by atoms with Crippen LogP contribution in [0, 0.1) is 6.92 Å². The number of aliphatic carboxylic acids is 1. The number of anilines is 1. The summed E-state index contributed by atoms with van der Waals surface area (Å²) >= 11 is 1.33. The van der Waals surface area contributed by atoms with Gasteiger partial charge < -0.3 is 10.4 Å². The third-order valence-corrected chi connectivity index (χ3v) is 3.56. The van der Waals surface area contributed by atoms with Crippen LogP contribution < -0.4 is 10.6 Å². The average Bonchev–Trinajstić information content (AvgIpc) is 2.84. The number of thiazole rings is 1. The monoisotopic (exact) mass is 305 g/mol. The van der Waals surface area contributed by atoms with Gasteiger partial charge in [-0.15, -0.1) is 11.3 Å². The van der Waals surface area contributed by atoms with Crippen LogP contribution in [0.3, 0.4) is 0 Å². The van der Waals surface area contributed by atoms with Gasteiger partial charge in [-0.2, -0.15) is 0 Å². The molecule has 1 aromatic carbocycles. The lowest BCUT2D eigenvalue weighted by Crippen LogP contribution is -2.44. The second-order valence-corrected chi connectivity index (χ2v) is 5.69. The number of carbonyl (C=O) groups excluding carboxylic acids is 1. The van der Waals surface area contributed by atoms with Gasteiger partial charge in [0.1, 0.15) is 6.04 Å². The van der Waals surface area contributed by atoms with Gasteiger partial charge in [0.05, 0.1) is 0 Å². The zero-order chi connectivity index (χ0) is 15.2. The zero-order valence-electron chi connectivity index (χ0n) is 11.4. The topological polar surface area (TPSA) is 91.3 Å². The summed E-state index contributed by atoms with van der Waals surface area (Å²) in [7, 11) is 0. The van der Waals surface area contributed by atoms with E-state index in [1.165, 1.54) is 11.3 Å². The number of nitrogens with zero attached hydrogens (tertiary/aromatic N) is 1. The van der Waals surface area contributed by atoms with Gasteiger partial charge in [0, 0.05) is 17.5 Å². The van der Waals surface area contributed by atoms with E-state index in [1.807, 2.05) is 37.3 Å². The fourth-order valence-electron chi connectivity index (χ4n) is 1.75. The van der Waals surface area contributed by atoms with Gasteiger partial charge in [0.25, 0.3) is 0 Å². The van der Waals surface area contributed by atoms with E-state index < -0.39 is 18.0 Å². The Kier molecular flexibility index (Phi) is 4.89. The van der Waals surface area contributed by atoms with Crippen molar-refractivity contribution in [2.24, 2.45) is 0 Å². The smallest absolute Gasteiger partial charge is 0.326 e. The molecule has 21 heavy (non-hydrogen) atoms. The third-order valence-electron chi connectivity index (χ3n) is 2.73. The van der Waals surface area contributed by atoms with Gasteiger partial charge in [-0.3, -0.25) is 5.32 Å². The van der Waals surface area contributed by atoms with Crippen LogP contribution in [-0.2, 0) is 11.2 Å². The molecule has 0 radical (unpaired) electrons. The molecule has 1 atom stereocenters. The average molecular weight is 305 g/mol. The van der Waals surface area contributed by atoms with Crippen molar-refractivity contribution in [2.45, 2.75) is 19.4 Å². The van der Waals surface area contributed by atoms with E-state index in [-0.39, 0.29) is 6.42 Å². The highest BCUT2D eigenvalue weighted by atomic mass is 32.1. The first kappa shape index (κ1) is 15.0. The molecule has 7 heteroatoms. The number of hydrogen-bond acceptors (Lipinski definition) is 4. The van der Waals surface area contributed by atoms with Crippen molar-refractivity contribution in [2.75, 3.05) is 5.32 Å². The Balaban J connectivity index is 1.96. The summed E-state index contributed by atoms with van der Waals surface area (Å²) in [6.07, 6.45) is 1.86. The molecule has 0 aliphatic carbocycles. The summed E-state index contributed by atoms with van der Waals surface area (Å²) in [5.41, 5.74) is 0.843. The molecule has 2 amide bonds. The van der Waals surface area contributed by atoms with Crippen LogP contribution >= 0.6 is 11.3 Å². The van der Waals surface area contributed by atoms with Crippen LogP contribution in [-0.4, -0.2) is 28.1 Å². The maximum atomic E-state index is 11.8. The van der Waals surface area contributed by atoms with Crippen molar-refractivity contribution in [1.29, 1.82) is 0 Å². The van der Waals surface area contributed by atoms with Gasteiger partial charge in [-0.25, -0.2) is 14.6 Å². The quantitative estimate of drug-likeness (QED) is 0.790. The van der Waals surface area contributed by atoms with Crippen molar-refractivity contribution in [3.63, 3.8) is 0 Å². The minimum Gasteiger partial charge on any atom is -0.480 e. The number of carboxylic acids is 1. The number of benzene rings is 1. The molecule has 6 nitrogen and oxygen atoms in total. The molecule has 0 bridgehead atoms. The van der Waals surface area contributed by atoms with Crippen molar-refractivity contribution in [3.05, 3.63) is 47.0 Å². The highest BCUT2D eigenvalue weighted by molar-refractivity contribution is 7.15. The third kappa shape index (κ3) is 4.57. The molecule has 1 heterocycles. The minimum atomic E-state index is -1.08. The molecule has 110 valence electrons. The number of carboxylic acid groups (broad SMARTS) is 1. The lowest BCUT2D eigenvalue weighted by Gasteiger charge is -2.14. The number of urea groups is 1. The van der Waals surface area contributed by atoms with E-state index in [0.29, 0.717) is 5.13 Å². The predicted molar refractivity (Wildman–Crippen MR) is 80.6 cm³/mol. The molecule has 1 aromatic heterocycles. The number of carbonyl (C=O) groups is 2. The second kappa shape index (κ2) is 6.85. The molecule has 0 aliphatic heterocycles. The first-order valence-electron chi connectivity index (χ1n) is 6.31. The van der Waals surface area contributed by atoms with Crippen molar-refractivity contribution >= 4 is 28.5 Å². The van der Waals surface area contributed by atoms with Gasteiger partial charge >= 0.3 is 12.0 Å². The Bertz CT molecular complexity index is 627. The normalized spacial score (nSPS) is 11.7. The SMILES string of the molecule is Cc1cnc(NC(=O)NC(Cc2ccccc2)C(=O)O)s1. The van der Waals surface area contributed by atoms with Crippen LogP contribution in [0.1, 0.15) is 10.4 Å². The van der Waals surface area contributed by atoms with Crippen molar-refractivity contribution in [1.82, 2.24) is 10.3 Å². The summed E-state index contributed by atoms with van der Waals surface area (Å²) in [5, 5.41) is 14.6. The molecule has 1 unspecified atom stereocenters. The molecule has 0 saturated heterocycles. The molecule has 0 saturated carbocycles. The molecule has 0 aliphatic rings. The lowest BCUT2D eigenvalue weighted by molar-refractivity contribution is -0.139. The van der Waals surface area contributed by atoms with E-state index in [0.717, 1.165) is 10.4 Å². The number of nitrogens with one attached hydrogen (secondary N) is 2. The summed E-state index contributed by atoms with van der Waals surface area (Å²) < 4.78 is 0.